The van der Waals surface area contributed by atoms with Crippen LogP contribution in [0.2, 0.25) is 0 Å². The lowest BCUT2D eigenvalue weighted by atomic mass is 10.2. The molecule has 0 saturated heterocycles. The molecule has 0 amide bonds. The van der Waals surface area contributed by atoms with Gasteiger partial charge >= 0.3 is 0 Å². The fraction of sp³-hybridized carbons (Fsp3) is 0.500. The van der Waals surface area contributed by atoms with Crippen LogP contribution in [0.15, 0.2) is 23.4 Å². The van der Waals surface area contributed by atoms with Crippen molar-refractivity contribution in [3.8, 4) is 5.88 Å². The molecule has 0 aromatic carbocycles. The molecule has 0 unspecified atom stereocenters. The second kappa shape index (κ2) is 6.80. The van der Waals surface area contributed by atoms with Gasteiger partial charge in [-0.2, -0.15) is 0 Å². The number of nitrogens with two attached hydrogens (primary N) is 1. The Bertz CT molecular complexity index is 407. The van der Waals surface area contributed by atoms with Crippen LogP contribution in [0.5, 0.6) is 5.88 Å². The third-order valence-corrected chi connectivity index (χ3v) is 2.58. The molecule has 1 rings (SSSR count). The van der Waals surface area contributed by atoms with Crippen LogP contribution in [0.3, 0.4) is 0 Å². The minimum absolute atomic E-state index is 0.187. The molecule has 0 aliphatic rings. The van der Waals surface area contributed by atoms with Crippen LogP contribution in [0, 0.1) is 0 Å². The van der Waals surface area contributed by atoms with E-state index in [4.69, 9.17) is 15.7 Å². The zero-order valence-electron chi connectivity index (χ0n) is 11.0. The molecule has 0 aliphatic carbocycles. The van der Waals surface area contributed by atoms with Gasteiger partial charge in [-0.25, -0.2) is 4.98 Å². The second-order valence-corrected chi connectivity index (χ2v) is 4.26. The van der Waals surface area contributed by atoms with Gasteiger partial charge < -0.3 is 15.7 Å². The smallest absolute Gasteiger partial charge is 0.213 e. The predicted molar refractivity (Wildman–Crippen MR) is 69.7 cm³/mol. The Morgan fingerprint density at radius 2 is 2.28 bits per heavy atom. The molecule has 6 heteroatoms. The summed E-state index contributed by atoms with van der Waals surface area (Å²) in [6.45, 7) is 5.10. The van der Waals surface area contributed by atoms with E-state index in [-0.39, 0.29) is 11.9 Å². The average molecular weight is 252 g/mol. The molecular weight excluding hydrogens is 232 g/mol. The Hall–Kier alpha value is -1.82. The molecule has 3 N–H and O–H groups in total. The fourth-order valence-electron chi connectivity index (χ4n) is 1.53. The number of rotatable bonds is 6. The summed E-state index contributed by atoms with van der Waals surface area (Å²) in [5.74, 6) is 0.770. The van der Waals surface area contributed by atoms with Gasteiger partial charge in [0, 0.05) is 18.7 Å². The van der Waals surface area contributed by atoms with E-state index in [0.717, 1.165) is 5.69 Å². The van der Waals surface area contributed by atoms with E-state index in [1.54, 1.807) is 13.2 Å². The zero-order valence-corrected chi connectivity index (χ0v) is 11.0. The monoisotopic (exact) mass is 252 g/mol. The first-order chi connectivity index (χ1) is 8.56. The highest BCUT2D eigenvalue weighted by atomic mass is 16.5. The van der Waals surface area contributed by atoms with Gasteiger partial charge in [0.25, 0.3) is 0 Å². The van der Waals surface area contributed by atoms with Crippen molar-refractivity contribution < 1.29 is 9.94 Å². The lowest BCUT2D eigenvalue weighted by Gasteiger charge is -2.25. The van der Waals surface area contributed by atoms with Gasteiger partial charge in [-0.3, -0.25) is 4.90 Å². The molecule has 1 aromatic rings. The highest BCUT2D eigenvalue weighted by Gasteiger charge is 2.13. The maximum absolute atomic E-state index is 8.61. The van der Waals surface area contributed by atoms with Crippen molar-refractivity contribution in [3.05, 3.63) is 23.9 Å². The van der Waals surface area contributed by atoms with Gasteiger partial charge in [-0.1, -0.05) is 11.2 Å². The summed E-state index contributed by atoms with van der Waals surface area (Å²) in [5.41, 5.74) is 6.42. The van der Waals surface area contributed by atoms with Gasteiger partial charge in [-0.05, 0) is 19.9 Å². The molecule has 0 saturated carbocycles. The lowest BCUT2D eigenvalue weighted by Crippen LogP contribution is -2.38. The Morgan fingerprint density at radius 3 is 2.83 bits per heavy atom. The summed E-state index contributed by atoms with van der Waals surface area (Å²) in [7, 11) is 1.59. The molecule has 0 spiro atoms. The van der Waals surface area contributed by atoms with Crippen molar-refractivity contribution in [1.82, 2.24) is 9.88 Å². The van der Waals surface area contributed by atoms with E-state index in [1.807, 2.05) is 26.0 Å². The summed E-state index contributed by atoms with van der Waals surface area (Å²) < 4.78 is 5.08. The molecule has 1 heterocycles. The highest BCUT2D eigenvalue weighted by Crippen LogP contribution is 2.10. The highest BCUT2D eigenvalue weighted by molar-refractivity contribution is 5.81. The second-order valence-electron chi connectivity index (χ2n) is 4.26. The number of aromatic nitrogens is 1. The van der Waals surface area contributed by atoms with E-state index < -0.39 is 0 Å². The third-order valence-electron chi connectivity index (χ3n) is 2.58. The third kappa shape index (κ3) is 4.21. The van der Waals surface area contributed by atoms with Crippen LogP contribution in [-0.4, -0.2) is 40.6 Å². The largest absolute Gasteiger partial charge is 0.481 e. The zero-order chi connectivity index (χ0) is 13.5. The first-order valence-electron chi connectivity index (χ1n) is 5.77. The van der Waals surface area contributed by atoms with Crippen molar-refractivity contribution in [3.63, 3.8) is 0 Å². The Kier molecular flexibility index (Phi) is 5.38. The van der Waals surface area contributed by atoms with Gasteiger partial charge in [-0.15, -0.1) is 0 Å². The van der Waals surface area contributed by atoms with E-state index in [2.05, 4.69) is 15.0 Å². The maximum atomic E-state index is 8.61. The number of hydrogen-bond donors (Lipinski definition) is 2. The number of amidine groups is 1. The Balaban J connectivity index is 2.76. The van der Waals surface area contributed by atoms with Crippen molar-refractivity contribution in [1.29, 1.82) is 0 Å². The van der Waals surface area contributed by atoms with Crippen LogP contribution in [0.1, 0.15) is 19.5 Å². The van der Waals surface area contributed by atoms with E-state index >= 15 is 0 Å². The normalized spacial score (nSPS) is 12.2. The number of ether oxygens (including phenoxy) is 1. The van der Waals surface area contributed by atoms with Crippen LogP contribution < -0.4 is 10.5 Å². The average Bonchev–Trinajstić information content (AvgIpc) is 2.37. The quantitative estimate of drug-likeness (QED) is 0.342. The number of hydrogen-bond acceptors (Lipinski definition) is 5. The lowest BCUT2D eigenvalue weighted by molar-refractivity contribution is 0.235. The molecule has 0 fully saturated rings. The fourth-order valence-corrected chi connectivity index (χ4v) is 1.53. The van der Waals surface area contributed by atoms with Crippen LogP contribution in [0.25, 0.3) is 0 Å². The van der Waals surface area contributed by atoms with Crippen molar-refractivity contribution in [2.45, 2.75) is 26.4 Å². The number of pyridine rings is 1. The molecule has 0 atom stereocenters. The van der Waals surface area contributed by atoms with Crippen molar-refractivity contribution in [2.75, 3.05) is 13.7 Å². The van der Waals surface area contributed by atoms with Crippen LogP contribution in [0.4, 0.5) is 0 Å². The van der Waals surface area contributed by atoms with Crippen LogP contribution >= 0.6 is 0 Å². The molecular formula is C12H20N4O2. The van der Waals surface area contributed by atoms with Gasteiger partial charge in [0.15, 0.2) is 5.84 Å². The number of methoxy groups -OCH3 is 1. The minimum atomic E-state index is 0.187. The molecule has 1 aromatic heterocycles. The molecule has 0 bridgehead atoms. The Morgan fingerprint density at radius 1 is 1.56 bits per heavy atom. The summed E-state index contributed by atoms with van der Waals surface area (Å²) in [6, 6.07) is 5.87. The molecule has 100 valence electrons. The SMILES string of the molecule is COc1cccc(CN(CC(N)=NO)C(C)C)n1. The van der Waals surface area contributed by atoms with Gasteiger partial charge in [0.05, 0.1) is 19.3 Å². The topological polar surface area (TPSA) is 84.0 Å². The first kappa shape index (κ1) is 14.2. The van der Waals surface area contributed by atoms with Crippen LogP contribution in [-0.2, 0) is 6.54 Å². The summed E-state index contributed by atoms with van der Waals surface area (Å²) in [6.07, 6.45) is 0. The van der Waals surface area contributed by atoms with Gasteiger partial charge in [0.2, 0.25) is 5.88 Å². The Labute approximate surface area is 107 Å². The standard InChI is InChI=1S/C12H20N4O2/c1-9(2)16(8-11(13)15-17)7-10-5-4-6-12(14-10)18-3/h4-6,9,17H,7-8H2,1-3H3,(H2,13,15). The first-order valence-corrected chi connectivity index (χ1v) is 5.77. The molecule has 0 radical (unpaired) electrons. The van der Waals surface area contributed by atoms with E-state index in [1.165, 1.54) is 0 Å². The predicted octanol–water partition coefficient (Wildman–Crippen LogP) is 1.05. The van der Waals surface area contributed by atoms with E-state index in [0.29, 0.717) is 19.0 Å². The molecule has 18 heavy (non-hydrogen) atoms. The molecule has 0 aliphatic heterocycles. The maximum Gasteiger partial charge on any atom is 0.213 e. The van der Waals surface area contributed by atoms with Crippen molar-refractivity contribution >= 4 is 5.84 Å². The summed E-state index contributed by atoms with van der Waals surface area (Å²) >= 11 is 0. The summed E-state index contributed by atoms with van der Waals surface area (Å²) in [5, 5.41) is 11.6. The van der Waals surface area contributed by atoms with Crippen molar-refractivity contribution in [2.24, 2.45) is 10.9 Å². The van der Waals surface area contributed by atoms with E-state index in [9.17, 15) is 0 Å². The summed E-state index contributed by atoms with van der Waals surface area (Å²) in [4.78, 5) is 6.39. The number of nitrogens with zero attached hydrogens (tertiary/aromatic N) is 3. The van der Waals surface area contributed by atoms with Gasteiger partial charge in [0.1, 0.15) is 0 Å². The number of oxime groups is 1. The molecule has 6 nitrogen and oxygen atoms in total. The minimum Gasteiger partial charge on any atom is -0.481 e.